The number of likely N-dealkylation sites (N-methyl/N-ethyl adjacent to an activating group) is 1. The first-order valence-electron chi connectivity index (χ1n) is 13.2. The van der Waals surface area contributed by atoms with Crippen LogP contribution in [0.2, 0.25) is 0 Å². The molecular formula is C31H30FN3O4. The molecule has 0 aliphatic carbocycles. The predicted octanol–water partition coefficient (Wildman–Crippen LogP) is 5.24. The Balaban J connectivity index is 1.62. The molecule has 0 atom stereocenters. The van der Waals surface area contributed by atoms with Gasteiger partial charge < -0.3 is 19.3 Å². The summed E-state index contributed by atoms with van der Waals surface area (Å²) in [4.78, 5) is 31.1. The highest BCUT2D eigenvalue weighted by atomic mass is 19.1. The first kappa shape index (κ1) is 25.1. The van der Waals surface area contributed by atoms with Crippen LogP contribution in [0.3, 0.4) is 0 Å². The van der Waals surface area contributed by atoms with Crippen LogP contribution >= 0.6 is 0 Å². The zero-order valence-electron chi connectivity index (χ0n) is 22.5. The Morgan fingerprint density at radius 2 is 1.92 bits per heavy atom. The van der Waals surface area contributed by atoms with E-state index in [2.05, 4.69) is 6.07 Å². The molecule has 0 bridgehead atoms. The molecule has 4 heterocycles. The first-order chi connectivity index (χ1) is 18.7. The van der Waals surface area contributed by atoms with Gasteiger partial charge in [-0.3, -0.25) is 9.59 Å². The number of carboxylic acids is 1. The van der Waals surface area contributed by atoms with Gasteiger partial charge in [0, 0.05) is 42.8 Å². The fourth-order valence-electron chi connectivity index (χ4n) is 6.12. The minimum absolute atomic E-state index is 0.0200. The lowest BCUT2D eigenvalue weighted by Crippen LogP contribution is -2.34. The Kier molecular flexibility index (Phi) is 5.93. The molecule has 4 aromatic rings. The van der Waals surface area contributed by atoms with E-state index in [9.17, 15) is 14.7 Å². The lowest BCUT2D eigenvalue weighted by Gasteiger charge is -2.25. The first-order valence-corrected chi connectivity index (χ1v) is 13.2. The molecule has 2 aliphatic rings. The number of nitrogens with zero attached hydrogens (tertiary/aromatic N) is 3. The molecule has 1 N–H and O–H groups in total. The van der Waals surface area contributed by atoms with Crippen molar-refractivity contribution in [3.05, 3.63) is 69.7 Å². The summed E-state index contributed by atoms with van der Waals surface area (Å²) in [6.07, 6.45) is 2.06. The topological polar surface area (TPSA) is 84.7 Å². The summed E-state index contributed by atoms with van der Waals surface area (Å²) in [5, 5.41) is 10.5. The molecular weight excluding hydrogens is 497 g/mol. The van der Waals surface area contributed by atoms with Gasteiger partial charge >= 0.3 is 5.97 Å². The van der Waals surface area contributed by atoms with Crippen LogP contribution in [0.4, 0.5) is 4.39 Å². The smallest absolute Gasteiger partial charge is 0.307 e. The summed E-state index contributed by atoms with van der Waals surface area (Å²) in [7, 11) is 3.74. The Labute approximate surface area is 225 Å². The number of carbonyl (C=O) groups is 2. The Morgan fingerprint density at radius 1 is 1.13 bits per heavy atom. The number of aromatic nitrogens is 2. The van der Waals surface area contributed by atoms with Gasteiger partial charge in [-0.25, -0.2) is 9.37 Å². The standard InChI is InChI=1S/C31H30FN3O4/c1-16-20-6-5-11-39-29(20)25(32)13-22(16)28-23(15-27(36)37)17(2)33-30-24(28)14-26(35(30)4)19-7-8-21-18(12-19)9-10-34(3)31(21)38/h7-8,12-14H,5-6,9-11,15H2,1-4H3,(H,36,37). The van der Waals surface area contributed by atoms with Crippen molar-refractivity contribution in [1.29, 1.82) is 0 Å². The quantitative estimate of drug-likeness (QED) is 0.392. The number of rotatable bonds is 4. The van der Waals surface area contributed by atoms with E-state index < -0.39 is 11.8 Å². The molecule has 7 nitrogen and oxygen atoms in total. The van der Waals surface area contributed by atoms with E-state index in [1.165, 1.54) is 6.07 Å². The minimum atomic E-state index is -0.972. The Morgan fingerprint density at radius 3 is 2.69 bits per heavy atom. The van der Waals surface area contributed by atoms with Crippen LogP contribution in [-0.2, 0) is 31.1 Å². The highest BCUT2D eigenvalue weighted by Gasteiger charge is 2.27. The van der Waals surface area contributed by atoms with Crippen LogP contribution in [0.1, 0.15) is 44.7 Å². The molecule has 0 fully saturated rings. The summed E-state index contributed by atoms with van der Waals surface area (Å²) >= 11 is 0. The molecule has 200 valence electrons. The number of pyridine rings is 1. The van der Waals surface area contributed by atoms with Gasteiger partial charge in [0.1, 0.15) is 5.65 Å². The van der Waals surface area contributed by atoms with Crippen LogP contribution in [0.25, 0.3) is 33.4 Å². The summed E-state index contributed by atoms with van der Waals surface area (Å²) < 4.78 is 23.0. The maximum atomic E-state index is 15.4. The van der Waals surface area contributed by atoms with Crippen LogP contribution < -0.4 is 4.74 Å². The number of fused-ring (bicyclic) bond motifs is 3. The number of halogens is 1. The monoisotopic (exact) mass is 527 g/mol. The molecule has 8 heteroatoms. The van der Waals surface area contributed by atoms with E-state index in [0.29, 0.717) is 58.9 Å². The number of ether oxygens (including phenoxy) is 1. The van der Waals surface area contributed by atoms with Gasteiger partial charge in [0.05, 0.1) is 18.7 Å². The molecule has 1 amide bonds. The van der Waals surface area contributed by atoms with E-state index in [4.69, 9.17) is 9.72 Å². The molecule has 0 saturated heterocycles. The summed E-state index contributed by atoms with van der Waals surface area (Å²) in [5.74, 6) is -1.09. The second kappa shape index (κ2) is 9.22. The lowest BCUT2D eigenvalue weighted by atomic mass is 9.87. The van der Waals surface area contributed by atoms with Crippen molar-refractivity contribution in [2.24, 2.45) is 7.05 Å². The second-order valence-electron chi connectivity index (χ2n) is 10.6. The maximum absolute atomic E-state index is 15.4. The third kappa shape index (κ3) is 3.97. The van der Waals surface area contributed by atoms with E-state index in [0.717, 1.165) is 46.2 Å². The van der Waals surface area contributed by atoms with Gasteiger partial charge in [-0.2, -0.15) is 0 Å². The van der Waals surface area contributed by atoms with Gasteiger partial charge in [-0.05, 0) is 90.8 Å². The molecule has 0 spiro atoms. The molecule has 2 aromatic carbocycles. The fraction of sp³-hybridized carbons (Fsp3) is 0.323. The van der Waals surface area contributed by atoms with E-state index >= 15 is 4.39 Å². The number of carbonyl (C=O) groups excluding carboxylic acids is 1. The predicted molar refractivity (Wildman–Crippen MR) is 147 cm³/mol. The number of hydrogen-bond donors (Lipinski definition) is 1. The van der Waals surface area contributed by atoms with Crippen molar-refractivity contribution >= 4 is 22.9 Å². The van der Waals surface area contributed by atoms with Gasteiger partial charge in [0.25, 0.3) is 5.91 Å². The van der Waals surface area contributed by atoms with Crippen molar-refractivity contribution in [3.8, 4) is 28.1 Å². The second-order valence-corrected chi connectivity index (χ2v) is 10.6. The minimum Gasteiger partial charge on any atom is -0.490 e. The van der Waals surface area contributed by atoms with Gasteiger partial charge in [-0.15, -0.1) is 0 Å². The van der Waals surface area contributed by atoms with Crippen LogP contribution in [-0.4, -0.2) is 51.6 Å². The summed E-state index contributed by atoms with van der Waals surface area (Å²) in [6.45, 7) is 4.91. The molecule has 6 rings (SSSR count). The van der Waals surface area contributed by atoms with Gasteiger partial charge in [0.2, 0.25) is 0 Å². The average Bonchev–Trinajstić information content (AvgIpc) is 3.24. The maximum Gasteiger partial charge on any atom is 0.307 e. The normalized spacial score (nSPS) is 14.8. The third-order valence-corrected chi connectivity index (χ3v) is 8.21. The Hall–Kier alpha value is -4.20. The summed E-state index contributed by atoms with van der Waals surface area (Å²) in [5.41, 5.74) is 8.50. The molecule has 0 saturated carbocycles. The van der Waals surface area contributed by atoms with Gasteiger partial charge in [0.15, 0.2) is 11.6 Å². The molecule has 0 radical (unpaired) electrons. The van der Waals surface area contributed by atoms with Crippen LogP contribution in [0.15, 0.2) is 30.3 Å². The highest BCUT2D eigenvalue weighted by Crippen LogP contribution is 2.43. The summed E-state index contributed by atoms with van der Waals surface area (Å²) in [6, 6.07) is 9.36. The van der Waals surface area contributed by atoms with Crippen molar-refractivity contribution in [1.82, 2.24) is 14.5 Å². The highest BCUT2D eigenvalue weighted by molar-refractivity contribution is 6.01. The van der Waals surface area contributed by atoms with E-state index in [-0.39, 0.29) is 12.3 Å². The fourth-order valence-corrected chi connectivity index (χ4v) is 6.12. The lowest BCUT2D eigenvalue weighted by molar-refractivity contribution is -0.136. The largest absolute Gasteiger partial charge is 0.490 e. The van der Waals surface area contributed by atoms with Crippen molar-refractivity contribution < 1.29 is 23.8 Å². The van der Waals surface area contributed by atoms with Crippen molar-refractivity contribution in [3.63, 3.8) is 0 Å². The molecule has 2 aliphatic heterocycles. The van der Waals surface area contributed by atoms with Crippen molar-refractivity contribution in [2.75, 3.05) is 20.2 Å². The van der Waals surface area contributed by atoms with Crippen LogP contribution in [0, 0.1) is 19.7 Å². The molecule has 39 heavy (non-hydrogen) atoms. The zero-order valence-corrected chi connectivity index (χ0v) is 22.5. The van der Waals surface area contributed by atoms with E-state index in [1.54, 1.807) is 4.90 Å². The SMILES string of the molecule is Cc1nc2c(cc(-c3ccc4c(c3)CCN(C)C4=O)n2C)c(-c2cc(F)c3c(c2C)CCCO3)c1CC(=O)O. The van der Waals surface area contributed by atoms with Crippen molar-refractivity contribution in [2.45, 2.75) is 39.5 Å². The Bertz CT molecular complexity index is 1700. The third-order valence-electron chi connectivity index (χ3n) is 8.21. The number of carboxylic acid groups (broad SMARTS) is 1. The number of aliphatic carboxylic acids is 1. The zero-order chi connectivity index (χ0) is 27.6. The molecule has 0 unspecified atom stereocenters. The van der Waals surface area contributed by atoms with Gasteiger partial charge in [-0.1, -0.05) is 6.07 Å². The number of amides is 1. The molecule has 2 aromatic heterocycles. The van der Waals surface area contributed by atoms with Crippen LogP contribution in [0.5, 0.6) is 5.75 Å². The number of aryl methyl sites for hydroxylation is 2. The van der Waals surface area contributed by atoms with E-state index in [1.807, 2.05) is 50.7 Å². The number of hydrogen-bond acceptors (Lipinski definition) is 4. The number of benzene rings is 2. The average molecular weight is 528 g/mol.